The van der Waals surface area contributed by atoms with E-state index in [1.165, 1.54) is 5.56 Å². The van der Waals surface area contributed by atoms with Crippen LogP contribution < -0.4 is 9.47 Å². The Labute approximate surface area is 166 Å². The lowest BCUT2D eigenvalue weighted by atomic mass is 9.96. The first-order valence-electron chi connectivity index (χ1n) is 9.62. The van der Waals surface area contributed by atoms with Crippen LogP contribution in [0.3, 0.4) is 0 Å². The van der Waals surface area contributed by atoms with Gasteiger partial charge in [0.05, 0.1) is 18.9 Å². The third-order valence-corrected chi connectivity index (χ3v) is 4.72. The van der Waals surface area contributed by atoms with E-state index in [-0.39, 0.29) is 0 Å². The minimum Gasteiger partial charge on any atom is -0.490 e. The van der Waals surface area contributed by atoms with E-state index in [0.717, 1.165) is 59.2 Å². The largest absolute Gasteiger partial charge is 0.490 e. The summed E-state index contributed by atoms with van der Waals surface area (Å²) in [6.07, 6.45) is 7.20. The quantitative estimate of drug-likeness (QED) is 0.525. The first-order valence-corrected chi connectivity index (χ1v) is 10.00. The Morgan fingerprint density at radius 2 is 1.81 bits per heavy atom. The number of allylic oxidation sites excluding steroid dienone is 1. The third-order valence-electron chi connectivity index (χ3n) is 4.47. The van der Waals surface area contributed by atoms with E-state index in [2.05, 4.69) is 31.2 Å². The number of nitrogens with zero attached hydrogens (tertiary/aromatic N) is 1. The molecule has 0 fully saturated rings. The molecule has 3 nitrogen and oxygen atoms in total. The Bertz CT molecular complexity index is 825. The van der Waals surface area contributed by atoms with Gasteiger partial charge in [-0.3, -0.25) is 4.99 Å². The normalized spacial score (nSPS) is 13.4. The van der Waals surface area contributed by atoms with Crippen molar-refractivity contribution in [2.24, 2.45) is 4.99 Å². The highest BCUT2D eigenvalue weighted by Crippen LogP contribution is 2.33. The van der Waals surface area contributed by atoms with Crippen LogP contribution in [0.15, 0.2) is 47.5 Å². The summed E-state index contributed by atoms with van der Waals surface area (Å²) in [5.41, 5.74) is 4.46. The Balaban J connectivity index is 1.87. The number of benzene rings is 2. The average Bonchev–Trinajstić information content (AvgIpc) is 2.68. The van der Waals surface area contributed by atoms with Crippen molar-refractivity contribution < 1.29 is 9.47 Å². The van der Waals surface area contributed by atoms with Crippen molar-refractivity contribution in [2.45, 2.75) is 33.1 Å². The van der Waals surface area contributed by atoms with Gasteiger partial charge < -0.3 is 9.47 Å². The molecule has 0 amide bonds. The van der Waals surface area contributed by atoms with E-state index in [4.69, 9.17) is 26.1 Å². The highest BCUT2D eigenvalue weighted by Gasteiger charge is 2.17. The maximum atomic E-state index is 5.98. The summed E-state index contributed by atoms with van der Waals surface area (Å²) in [6.45, 7) is 6.26. The second kappa shape index (κ2) is 9.61. The van der Waals surface area contributed by atoms with Crippen LogP contribution in [-0.2, 0) is 6.42 Å². The first kappa shape index (κ1) is 19.5. The molecule has 0 bridgehead atoms. The van der Waals surface area contributed by atoms with Crippen LogP contribution in [-0.4, -0.2) is 25.5 Å². The zero-order chi connectivity index (χ0) is 19.1. The highest BCUT2D eigenvalue weighted by atomic mass is 35.5. The predicted molar refractivity (Wildman–Crippen MR) is 114 cm³/mol. The molecule has 27 heavy (non-hydrogen) atoms. The minimum atomic E-state index is 0.607. The molecule has 4 heteroatoms. The molecule has 0 N–H and O–H groups in total. The molecule has 0 radical (unpaired) electrons. The first-order chi connectivity index (χ1) is 13.2. The molecule has 2 aromatic rings. The lowest BCUT2D eigenvalue weighted by Crippen LogP contribution is -2.12. The highest BCUT2D eigenvalue weighted by molar-refractivity contribution is 6.30. The fourth-order valence-corrected chi connectivity index (χ4v) is 3.15. The second-order valence-electron chi connectivity index (χ2n) is 6.49. The summed E-state index contributed by atoms with van der Waals surface area (Å²) in [7, 11) is 0. The number of aliphatic imine (C=N–C) groups is 1. The van der Waals surface area contributed by atoms with Gasteiger partial charge in [0, 0.05) is 17.1 Å². The van der Waals surface area contributed by atoms with Crippen LogP contribution in [0, 0.1) is 0 Å². The zero-order valence-corrected chi connectivity index (χ0v) is 16.8. The zero-order valence-electron chi connectivity index (χ0n) is 16.0. The number of unbranched alkanes of at least 4 members (excludes halogenated alkanes) is 1. The molecule has 1 aliphatic rings. The van der Waals surface area contributed by atoms with Gasteiger partial charge in [-0.05, 0) is 61.2 Å². The summed E-state index contributed by atoms with van der Waals surface area (Å²) in [5, 5.41) is 0.740. The van der Waals surface area contributed by atoms with Gasteiger partial charge in [-0.15, -0.1) is 0 Å². The molecule has 142 valence electrons. The summed E-state index contributed by atoms with van der Waals surface area (Å²) in [5.74, 6) is 1.63. The molecule has 0 saturated carbocycles. The van der Waals surface area contributed by atoms with Crippen molar-refractivity contribution in [1.82, 2.24) is 0 Å². The van der Waals surface area contributed by atoms with Crippen molar-refractivity contribution >= 4 is 23.4 Å². The molecule has 0 aliphatic carbocycles. The molecular formula is C23H26ClNO2. The minimum absolute atomic E-state index is 0.607. The number of hydrogen-bond donors (Lipinski definition) is 0. The molecule has 0 unspecified atom stereocenters. The lowest BCUT2D eigenvalue weighted by molar-refractivity contribution is 0.272. The average molecular weight is 384 g/mol. The number of hydrogen-bond acceptors (Lipinski definition) is 3. The van der Waals surface area contributed by atoms with E-state index in [9.17, 15) is 0 Å². The molecule has 1 aliphatic heterocycles. The Kier molecular flexibility index (Phi) is 6.94. The predicted octanol–water partition coefficient (Wildman–Crippen LogP) is 5.98. The standard InChI is InChI=1S/C23H26ClNO2/c1-3-5-14-27-22-15-18-12-13-25-21(20(18)16-23(22)26-4-2)11-8-17-6-9-19(24)10-7-17/h6-11,15-16H,3-5,12-14H2,1-2H3. The van der Waals surface area contributed by atoms with Gasteiger partial charge >= 0.3 is 0 Å². The SMILES string of the molecule is CCCCOc1cc2c(cc1OCC)C(C=Cc1ccc(Cl)cc1)=NCC2. The van der Waals surface area contributed by atoms with Gasteiger partial charge in [-0.25, -0.2) is 0 Å². The molecule has 2 aromatic carbocycles. The lowest BCUT2D eigenvalue weighted by Gasteiger charge is -2.19. The van der Waals surface area contributed by atoms with Gasteiger partial charge in [0.25, 0.3) is 0 Å². The Morgan fingerprint density at radius 3 is 2.56 bits per heavy atom. The third kappa shape index (κ3) is 5.14. The van der Waals surface area contributed by atoms with E-state index in [1.807, 2.05) is 31.2 Å². The number of fused-ring (bicyclic) bond motifs is 1. The summed E-state index contributed by atoms with van der Waals surface area (Å²) < 4.78 is 11.8. The maximum Gasteiger partial charge on any atom is 0.161 e. The molecule has 0 spiro atoms. The van der Waals surface area contributed by atoms with Crippen LogP contribution in [0.4, 0.5) is 0 Å². The summed E-state index contributed by atoms with van der Waals surface area (Å²) >= 11 is 5.96. The van der Waals surface area contributed by atoms with Crippen molar-refractivity contribution in [1.29, 1.82) is 0 Å². The monoisotopic (exact) mass is 383 g/mol. The fourth-order valence-electron chi connectivity index (χ4n) is 3.03. The van der Waals surface area contributed by atoms with Crippen LogP contribution >= 0.6 is 11.6 Å². The Hall–Kier alpha value is -2.26. The number of rotatable bonds is 8. The van der Waals surface area contributed by atoms with Crippen LogP contribution in [0.5, 0.6) is 11.5 Å². The van der Waals surface area contributed by atoms with Crippen LogP contribution in [0.2, 0.25) is 5.02 Å². The van der Waals surface area contributed by atoms with E-state index in [0.29, 0.717) is 13.2 Å². The number of ether oxygens (including phenoxy) is 2. The van der Waals surface area contributed by atoms with Crippen molar-refractivity contribution in [2.75, 3.05) is 19.8 Å². The van der Waals surface area contributed by atoms with E-state index >= 15 is 0 Å². The molecule has 0 saturated heterocycles. The molecule has 1 heterocycles. The van der Waals surface area contributed by atoms with E-state index < -0.39 is 0 Å². The van der Waals surface area contributed by atoms with Crippen LogP contribution in [0.25, 0.3) is 6.08 Å². The summed E-state index contributed by atoms with van der Waals surface area (Å²) in [4.78, 5) is 4.72. The summed E-state index contributed by atoms with van der Waals surface area (Å²) in [6, 6.07) is 12.0. The smallest absolute Gasteiger partial charge is 0.161 e. The Morgan fingerprint density at radius 1 is 1.04 bits per heavy atom. The number of halogens is 1. The second-order valence-corrected chi connectivity index (χ2v) is 6.93. The molecule has 3 rings (SSSR count). The molecular weight excluding hydrogens is 358 g/mol. The van der Waals surface area contributed by atoms with Crippen molar-refractivity contribution in [3.8, 4) is 11.5 Å². The van der Waals surface area contributed by atoms with Crippen LogP contribution in [0.1, 0.15) is 43.4 Å². The van der Waals surface area contributed by atoms with Crippen molar-refractivity contribution in [3.05, 3.63) is 64.2 Å². The maximum absolute atomic E-state index is 5.98. The molecule has 0 atom stereocenters. The topological polar surface area (TPSA) is 30.8 Å². The van der Waals surface area contributed by atoms with Crippen molar-refractivity contribution in [3.63, 3.8) is 0 Å². The molecule has 0 aromatic heterocycles. The van der Waals surface area contributed by atoms with Gasteiger partial charge in [0.2, 0.25) is 0 Å². The fraction of sp³-hybridized carbons (Fsp3) is 0.348. The van der Waals surface area contributed by atoms with Gasteiger partial charge in [-0.2, -0.15) is 0 Å². The van der Waals surface area contributed by atoms with E-state index in [1.54, 1.807) is 0 Å². The van der Waals surface area contributed by atoms with Gasteiger partial charge in [0.15, 0.2) is 11.5 Å². The van der Waals surface area contributed by atoms with Gasteiger partial charge in [-0.1, -0.05) is 43.2 Å². The van der Waals surface area contributed by atoms with Gasteiger partial charge in [0.1, 0.15) is 0 Å².